The first-order valence-electron chi connectivity index (χ1n) is 3.94. The minimum absolute atomic E-state index is 0.0344. The summed E-state index contributed by atoms with van der Waals surface area (Å²) in [6, 6.07) is -1.06. The molecule has 2 atom stereocenters. The number of rotatable bonds is 1. The largest absolute Gasteiger partial charge is 0.480 e. The molecule has 0 amide bonds. The van der Waals surface area contributed by atoms with Gasteiger partial charge in [-0.05, 0) is 19.4 Å². The van der Waals surface area contributed by atoms with Gasteiger partial charge in [0.05, 0.1) is 5.92 Å². The zero-order valence-electron chi connectivity index (χ0n) is 6.77. The van der Waals surface area contributed by atoms with Crippen molar-refractivity contribution in [2.45, 2.75) is 25.1 Å². The highest BCUT2D eigenvalue weighted by Gasteiger charge is 2.43. The lowest BCUT2D eigenvalue weighted by molar-refractivity contribution is -0.184. The summed E-state index contributed by atoms with van der Waals surface area (Å²) in [6.45, 7) is 0.112. The maximum Gasteiger partial charge on any atom is 0.391 e. The fourth-order valence-corrected chi connectivity index (χ4v) is 1.40. The Morgan fingerprint density at radius 2 is 2.08 bits per heavy atom. The number of nitrogens with one attached hydrogen (secondary N) is 1. The van der Waals surface area contributed by atoms with Gasteiger partial charge in [0.1, 0.15) is 6.04 Å². The summed E-state index contributed by atoms with van der Waals surface area (Å²) in [5.74, 6) is -2.69. The molecule has 1 saturated heterocycles. The summed E-state index contributed by atoms with van der Waals surface area (Å²) in [5, 5.41) is 11.0. The molecule has 0 radical (unpaired) electrons. The second-order valence-corrected chi connectivity index (χ2v) is 3.11. The second-order valence-electron chi connectivity index (χ2n) is 3.11. The Balaban J connectivity index is 2.57. The first-order chi connectivity index (χ1) is 5.91. The molecule has 1 heterocycles. The number of carbonyl (C=O) groups is 1. The third kappa shape index (κ3) is 2.58. The molecular formula is C7H10F3NO2. The van der Waals surface area contributed by atoms with E-state index in [9.17, 15) is 18.0 Å². The van der Waals surface area contributed by atoms with Crippen LogP contribution in [-0.4, -0.2) is 29.8 Å². The Hall–Kier alpha value is -0.780. The predicted octanol–water partition coefficient (Wildman–Crippen LogP) is 1.00. The average molecular weight is 197 g/mol. The van der Waals surface area contributed by atoms with Crippen LogP contribution in [0.25, 0.3) is 0 Å². The molecule has 0 bridgehead atoms. The van der Waals surface area contributed by atoms with Crippen LogP contribution >= 0.6 is 0 Å². The van der Waals surface area contributed by atoms with E-state index in [4.69, 9.17) is 5.11 Å². The van der Waals surface area contributed by atoms with Crippen molar-refractivity contribution in [3.05, 3.63) is 0 Å². The summed E-state index contributed by atoms with van der Waals surface area (Å²) in [5.41, 5.74) is 0. The van der Waals surface area contributed by atoms with Crippen LogP contribution in [0.3, 0.4) is 0 Å². The van der Waals surface area contributed by atoms with Crippen molar-refractivity contribution in [2.75, 3.05) is 6.54 Å². The van der Waals surface area contributed by atoms with E-state index in [1.165, 1.54) is 0 Å². The van der Waals surface area contributed by atoms with Crippen molar-refractivity contribution in [3.8, 4) is 0 Å². The first kappa shape index (κ1) is 10.3. The summed E-state index contributed by atoms with van der Waals surface area (Å²) in [7, 11) is 0. The van der Waals surface area contributed by atoms with Gasteiger partial charge in [0.15, 0.2) is 0 Å². The molecule has 1 aliphatic heterocycles. The van der Waals surface area contributed by atoms with Crippen LogP contribution in [0.4, 0.5) is 13.2 Å². The lowest BCUT2D eigenvalue weighted by atomic mass is 9.92. The zero-order chi connectivity index (χ0) is 10.1. The highest BCUT2D eigenvalue weighted by Crippen LogP contribution is 2.33. The summed E-state index contributed by atoms with van der Waals surface area (Å²) in [4.78, 5) is 10.4. The lowest BCUT2D eigenvalue weighted by Crippen LogP contribution is -2.46. The molecule has 2 N–H and O–H groups in total. The molecule has 0 aromatic rings. The fraction of sp³-hybridized carbons (Fsp3) is 0.857. The SMILES string of the molecule is O=C(O)[C@H]1C[C@H](C(F)(F)F)CCN1. The van der Waals surface area contributed by atoms with E-state index in [0.717, 1.165) is 0 Å². The number of halogens is 3. The molecule has 0 aromatic carbocycles. The number of hydrogen-bond donors (Lipinski definition) is 2. The molecule has 13 heavy (non-hydrogen) atoms. The van der Waals surface area contributed by atoms with E-state index >= 15 is 0 Å². The fourth-order valence-electron chi connectivity index (χ4n) is 1.40. The van der Waals surface area contributed by atoms with Crippen LogP contribution in [0.15, 0.2) is 0 Å². The van der Waals surface area contributed by atoms with Gasteiger partial charge in [-0.1, -0.05) is 0 Å². The molecule has 0 aromatic heterocycles. The number of carboxylic acid groups (broad SMARTS) is 1. The minimum atomic E-state index is -4.27. The van der Waals surface area contributed by atoms with Crippen molar-refractivity contribution in [3.63, 3.8) is 0 Å². The van der Waals surface area contributed by atoms with Crippen LogP contribution in [0.2, 0.25) is 0 Å². The van der Waals surface area contributed by atoms with E-state index in [0.29, 0.717) is 0 Å². The van der Waals surface area contributed by atoms with Gasteiger partial charge in [-0.25, -0.2) is 0 Å². The molecular weight excluding hydrogens is 187 g/mol. The predicted molar refractivity (Wildman–Crippen MR) is 38.2 cm³/mol. The molecule has 1 fully saturated rings. The van der Waals surface area contributed by atoms with Crippen molar-refractivity contribution >= 4 is 5.97 Å². The molecule has 6 heteroatoms. The normalized spacial score (nSPS) is 30.1. The monoisotopic (exact) mass is 197 g/mol. The van der Waals surface area contributed by atoms with E-state index in [1.807, 2.05) is 0 Å². The third-order valence-electron chi connectivity index (χ3n) is 2.16. The smallest absolute Gasteiger partial charge is 0.391 e. The molecule has 3 nitrogen and oxygen atoms in total. The van der Waals surface area contributed by atoms with Crippen LogP contribution < -0.4 is 5.32 Å². The van der Waals surface area contributed by atoms with E-state index in [1.54, 1.807) is 0 Å². The first-order valence-corrected chi connectivity index (χ1v) is 3.94. The second kappa shape index (κ2) is 3.53. The lowest BCUT2D eigenvalue weighted by Gasteiger charge is -2.29. The number of hydrogen-bond acceptors (Lipinski definition) is 2. The quantitative estimate of drug-likeness (QED) is 0.659. The Labute approximate surface area is 72.9 Å². The van der Waals surface area contributed by atoms with E-state index < -0.39 is 24.1 Å². The third-order valence-corrected chi connectivity index (χ3v) is 2.16. The van der Waals surface area contributed by atoms with E-state index in [-0.39, 0.29) is 19.4 Å². The topological polar surface area (TPSA) is 49.3 Å². The number of piperidine rings is 1. The van der Waals surface area contributed by atoms with Crippen molar-refractivity contribution in [1.29, 1.82) is 0 Å². The molecule has 76 valence electrons. The molecule has 1 aliphatic rings. The maximum atomic E-state index is 12.2. The van der Waals surface area contributed by atoms with Crippen molar-refractivity contribution in [1.82, 2.24) is 5.32 Å². The summed E-state index contributed by atoms with van der Waals surface area (Å²) < 4.78 is 36.5. The van der Waals surface area contributed by atoms with Gasteiger partial charge >= 0.3 is 12.1 Å². The Morgan fingerprint density at radius 1 is 1.46 bits per heavy atom. The Morgan fingerprint density at radius 3 is 2.54 bits per heavy atom. The number of aliphatic carboxylic acids is 1. The Bertz CT molecular complexity index is 204. The van der Waals surface area contributed by atoms with Crippen LogP contribution in [0.5, 0.6) is 0 Å². The van der Waals surface area contributed by atoms with Gasteiger partial charge in [0.25, 0.3) is 0 Å². The maximum absolute atomic E-state index is 12.2. The highest BCUT2D eigenvalue weighted by molar-refractivity contribution is 5.73. The Kier molecular flexibility index (Phi) is 2.80. The number of alkyl halides is 3. The number of carboxylic acids is 1. The van der Waals surface area contributed by atoms with Gasteiger partial charge in [-0.2, -0.15) is 13.2 Å². The average Bonchev–Trinajstić information content (AvgIpc) is 2.03. The van der Waals surface area contributed by atoms with Gasteiger partial charge < -0.3 is 10.4 Å². The van der Waals surface area contributed by atoms with Gasteiger partial charge in [0.2, 0.25) is 0 Å². The highest BCUT2D eigenvalue weighted by atomic mass is 19.4. The van der Waals surface area contributed by atoms with Crippen molar-refractivity contribution < 1.29 is 23.1 Å². The van der Waals surface area contributed by atoms with Gasteiger partial charge in [0, 0.05) is 0 Å². The van der Waals surface area contributed by atoms with Crippen LogP contribution in [0.1, 0.15) is 12.8 Å². The summed E-state index contributed by atoms with van der Waals surface area (Å²) in [6.07, 6.45) is -4.66. The minimum Gasteiger partial charge on any atom is -0.480 e. The molecule has 1 rings (SSSR count). The molecule has 0 aliphatic carbocycles. The van der Waals surface area contributed by atoms with Gasteiger partial charge in [-0.3, -0.25) is 4.79 Å². The van der Waals surface area contributed by atoms with E-state index in [2.05, 4.69) is 5.32 Å². The molecule has 0 unspecified atom stereocenters. The van der Waals surface area contributed by atoms with Crippen LogP contribution in [0, 0.1) is 5.92 Å². The standard InChI is InChI=1S/C7H10F3NO2/c8-7(9,10)4-1-2-11-5(3-4)6(12)13/h4-5,11H,1-3H2,(H,12,13)/t4-,5-/m1/s1. The summed E-state index contributed by atoms with van der Waals surface area (Å²) >= 11 is 0. The molecule has 0 spiro atoms. The van der Waals surface area contributed by atoms with Gasteiger partial charge in [-0.15, -0.1) is 0 Å². The van der Waals surface area contributed by atoms with Crippen molar-refractivity contribution in [2.24, 2.45) is 5.92 Å². The molecule has 0 saturated carbocycles. The zero-order valence-corrected chi connectivity index (χ0v) is 6.77. The van der Waals surface area contributed by atoms with Crippen LogP contribution in [-0.2, 0) is 4.79 Å².